The first kappa shape index (κ1) is 14.7. The van der Waals surface area contributed by atoms with Gasteiger partial charge in [-0.25, -0.2) is 9.59 Å². The molecule has 0 heterocycles. The van der Waals surface area contributed by atoms with Crippen LogP contribution in [0.3, 0.4) is 0 Å². The Bertz CT molecular complexity index is 649. The van der Waals surface area contributed by atoms with E-state index in [1.165, 1.54) is 12.1 Å². The van der Waals surface area contributed by atoms with E-state index in [2.05, 4.69) is 31.9 Å². The van der Waals surface area contributed by atoms with Crippen molar-refractivity contribution in [3.63, 3.8) is 0 Å². The lowest BCUT2D eigenvalue weighted by Gasteiger charge is -2.10. The quantitative estimate of drug-likeness (QED) is 0.807. The summed E-state index contributed by atoms with van der Waals surface area (Å²) in [6.07, 6.45) is 0. The molecule has 2 N–H and O–H groups in total. The largest absolute Gasteiger partial charge is 0.478 e. The summed E-state index contributed by atoms with van der Waals surface area (Å²) in [4.78, 5) is 22.6. The fourth-order valence-corrected chi connectivity index (χ4v) is 2.58. The van der Waals surface area contributed by atoms with Gasteiger partial charge in [-0.2, -0.15) is 0 Å². The highest BCUT2D eigenvalue weighted by Crippen LogP contribution is 2.31. The minimum Gasteiger partial charge on any atom is -0.478 e. The van der Waals surface area contributed by atoms with E-state index in [1.807, 2.05) is 0 Å². The molecule has 0 bridgehead atoms. The van der Waals surface area contributed by atoms with Crippen LogP contribution in [0.2, 0.25) is 0 Å². The topological polar surface area (TPSA) is 74.6 Å². The number of aromatic carboxylic acids is 2. The Kier molecular flexibility index (Phi) is 4.25. The van der Waals surface area contributed by atoms with Crippen LogP contribution in [0.15, 0.2) is 45.3 Å². The molecule has 0 aromatic heterocycles. The molecule has 0 spiro atoms. The Balaban J connectivity index is 2.75. The van der Waals surface area contributed by atoms with E-state index >= 15 is 0 Å². The second-order valence-corrected chi connectivity index (χ2v) is 5.82. The van der Waals surface area contributed by atoms with E-state index in [0.717, 1.165) is 0 Å². The van der Waals surface area contributed by atoms with E-state index in [0.29, 0.717) is 20.1 Å². The SMILES string of the molecule is O=C(O)c1cc(Br)ccc1-c1ccc(Br)cc1C(=O)O. The van der Waals surface area contributed by atoms with Crippen LogP contribution < -0.4 is 0 Å². The Hall–Kier alpha value is -1.66. The van der Waals surface area contributed by atoms with Crippen LogP contribution in [-0.2, 0) is 0 Å². The second-order valence-electron chi connectivity index (χ2n) is 3.99. The molecular formula is C14H8Br2O4. The Labute approximate surface area is 131 Å². The summed E-state index contributed by atoms with van der Waals surface area (Å²) in [5.74, 6) is -2.22. The van der Waals surface area contributed by atoms with Crippen LogP contribution in [0.4, 0.5) is 0 Å². The number of carboxylic acids is 2. The molecule has 0 atom stereocenters. The number of benzene rings is 2. The van der Waals surface area contributed by atoms with Crippen molar-refractivity contribution in [2.24, 2.45) is 0 Å². The van der Waals surface area contributed by atoms with E-state index in [9.17, 15) is 19.8 Å². The first-order valence-electron chi connectivity index (χ1n) is 5.46. The molecule has 0 radical (unpaired) electrons. The molecule has 2 rings (SSSR count). The molecule has 0 unspecified atom stereocenters. The van der Waals surface area contributed by atoms with Gasteiger partial charge in [-0.15, -0.1) is 0 Å². The number of carbonyl (C=O) groups is 2. The average molecular weight is 400 g/mol. The third kappa shape index (κ3) is 2.91. The van der Waals surface area contributed by atoms with Crippen LogP contribution in [0, 0.1) is 0 Å². The number of halogens is 2. The molecule has 6 heteroatoms. The lowest BCUT2D eigenvalue weighted by molar-refractivity contribution is 0.0684. The van der Waals surface area contributed by atoms with Crippen LogP contribution in [0.5, 0.6) is 0 Å². The van der Waals surface area contributed by atoms with Gasteiger partial charge >= 0.3 is 11.9 Å². The van der Waals surface area contributed by atoms with Gasteiger partial charge < -0.3 is 10.2 Å². The van der Waals surface area contributed by atoms with Crippen molar-refractivity contribution >= 4 is 43.8 Å². The summed E-state index contributed by atoms with van der Waals surface area (Å²) >= 11 is 6.42. The fourth-order valence-electron chi connectivity index (χ4n) is 1.86. The lowest BCUT2D eigenvalue weighted by atomic mass is 9.95. The van der Waals surface area contributed by atoms with Gasteiger partial charge in [0.05, 0.1) is 11.1 Å². The standard InChI is InChI=1S/C14H8Br2O4/c15-7-1-3-9(11(5-7)13(17)18)10-4-2-8(16)6-12(10)14(19)20/h1-6H,(H,17,18)(H,19,20). The normalized spacial score (nSPS) is 10.3. The van der Waals surface area contributed by atoms with Crippen molar-refractivity contribution in [2.75, 3.05) is 0 Å². The fraction of sp³-hybridized carbons (Fsp3) is 0. The maximum absolute atomic E-state index is 11.3. The van der Waals surface area contributed by atoms with Gasteiger partial charge in [0.15, 0.2) is 0 Å². The number of hydrogen-bond donors (Lipinski definition) is 2. The summed E-state index contributed by atoms with van der Waals surface area (Å²) in [7, 11) is 0. The molecule has 0 fully saturated rings. The highest BCUT2D eigenvalue weighted by molar-refractivity contribution is 9.10. The first-order valence-corrected chi connectivity index (χ1v) is 7.05. The Morgan fingerprint density at radius 1 is 0.750 bits per heavy atom. The molecule has 2 aromatic rings. The maximum Gasteiger partial charge on any atom is 0.336 e. The first-order chi connectivity index (χ1) is 9.40. The van der Waals surface area contributed by atoms with Crippen molar-refractivity contribution in [3.8, 4) is 11.1 Å². The summed E-state index contributed by atoms with van der Waals surface area (Å²) in [6.45, 7) is 0. The van der Waals surface area contributed by atoms with Gasteiger partial charge in [0.2, 0.25) is 0 Å². The summed E-state index contributed by atoms with van der Waals surface area (Å²) in [5.41, 5.74) is 0.824. The smallest absolute Gasteiger partial charge is 0.336 e. The molecule has 4 nitrogen and oxygen atoms in total. The molecule has 2 aromatic carbocycles. The van der Waals surface area contributed by atoms with Gasteiger partial charge in [-0.1, -0.05) is 44.0 Å². The van der Waals surface area contributed by atoms with Gasteiger partial charge in [0.1, 0.15) is 0 Å². The molecule has 0 aliphatic rings. The van der Waals surface area contributed by atoms with Crippen molar-refractivity contribution < 1.29 is 19.8 Å². The highest BCUT2D eigenvalue weighted by Gasteiger charge is 2.18. The molecule has 0 saturated carbocycles. The zero-order valence-corrected chi connectivity index (χ0v) is 13.1. The summed E-state index contributed by atoms with van der Waals surface area (Å²) in [6, 6.07) is 9.42. The zero-order valence-electron chi connectivity index (χ0n) is 9.93. The van der Waals surface area contributed by atoms with E-state index in [4.69, 9.17) is 0 Å². The minimum absolute atomic E-state index is 0.0456. The third-order valence-corrected chi connectivity index (χ3v) is 3.70. The molecular weight excluding hydrogens is 392 g/mol. The second kappa shape index (κ2) is 5.76. The molecule has 0 amide bonds. The van der Waals surface area contributed by atoms with E-state index in [1.54, 1.807) is 24.3 Å². The Morgan fingerprint density at radius 3 is 1.40 bits per heavy atom. The van der Waals surface area contributed by atoms with Gasteiger partial charge in [0.25, 0.3) is 0 Å². The van der Waals surface area contributed by atoms with Gasteiger partial charge in [-0.05, 0) is 35.4 Å². The van der Waals surface area contributed by atoms with Crippen molar-refractivity contribution in [3.05, 3.63) is 56.5 Å². The van der Waals surface area contributed by atoms with Crippen LogP contribution in [0.25, 0.3) is 11.1 Å². The third-order valence-electron chi connectivity index (χ3n) is 2.71. The van der Waals surface area contributed by atoms with Crippen LogP contribution in [-0.4, -0.2) is 22.2 Å². The number of carboxylic acid groups (broad SMARTS) is 2. The Morgan fingerprint density at radius 2 is 1.10 bits per heavy atom. The number of rotatable bonds is 3. The van der Waals surface area contributed by atoms with Crippen molar-refractivity contribution in [1.82, 2.24) is 0 Å². The predicted molar refractivity (Wildman–Crippen MR) is 81.2 cm³/mol. The van der Waals surface area contributed by atoms with Crippen molar-refractivity contribution in [1.29, 1.82) is 0 Å². The monoisotopic (exact) mass is 398 g/mol. The van der Waals surface area contributed by atoms with Gasteiger partial charge in [-0.3, -0.25) is 0 Å². The lowest BCUT2D eigenvalue weighted by Crippen LogP contribution is -2.04. The van der Waals surface area contributed by atoms with Gasteiger partial charge in [0, 0.05) is 8.95 Å². The molecule has 0 aliphatic carbocycles. The maximum atomic E-state index is 11.3. The predicted octanol–water partition coefficient (Wildman–Crippen LogP) is 4.28. The zero-order chi connectivity index (χ0) is 14.9. The molecule has 20 heavy (non-hydrogen) atoms. The van der Waals surface area contributed by atoms with Crippen LogP contribution in [0.1, 0.15) is 20.7 Å². The summed E-state index contributed by atoms with van der Waals surface area (Å²) < 4.78 is 1.24. The van der Waals surface area contributed by atoms with Crippen LogP contribution >= 0.6 is 31.9 Å². The molecule has 0 aliphatic heterocycles. The summed E-state index contributed by atoms with van der Waals surface area (Å²) in [5, 5.41) is 18.5. The van der Waals surface area contributed by atoms with Crippen molar-refractivity contribution in [2.45, 2.75) is 0 Å². The van der Waals surface area contributed by atoms with E-state index < -0.39 is 11.9 Å². The highest BCUT2D eigenvalue weighted by atomic mass is 79.9. The van der Waals surface area contributed by atoms with E-state index in [-0.39, 0.29) is 11.1 Å². The molecule has 102 valence electrons. The average Bonchev–Trinajstić information content (AvgIpc) is 2.38. The minimum atomic E-state index is -1.11. The number of hydrogen-bond acceptors (Lipinski definition) is 2. The molecule has 0 saturated heterocycles.